The van der Waals surface area contributed by atoms with E-state index in [0.717, 1.165) is 31.1 Å². The zero-order valence-corrected chi connectivity index (χ0v) is 11.3. The maximum atomic E-state index is 5.66. The predicted molar refractivity (Wildman–Crippen MR) is 72.5 cm³/mol. The second-order valence-corrected chi connectivity index (χ2v) is 5.05. The molecule has 1 aromatic rings. The minimum atomic E-state index is 0.300. The van der Waals surface area contributed by atoms with Crippen LogP contribution < -0.4 is 0 Å². The van der Waals surface area contributed by atoms with Crippen LogP contribution in [0.3, 0.4) is 0 Å². The molecule has 1 aliphatic rings. The molecule has 18 heavy (non-hydrogen) atoms. The van der Waals surface area contributed by atoms with E-state index in [1.165, 1.54) is 12.8 Å². The van der Waals surface area contributed by atoms with Gasteiger partial charge in [-0.3, -0.25) is 0 Å². The predicted octanol–water partition coefficient (Wildman–Crippen LogP) is 4.21. The summed E-state index contributed by atoms with van der Waals surface area (Å²) >= 11 is 5.66. The SMILES string of the molecule is C=C/C=C\CC1CCC(c2nnc(CCl)o2)CC1. The minimum Gasteiger partial charge on any atom is -0.424 e. The molecule has 0 unspecified atom stereocenters. The van der Waals surface area contributed by atoms with Crippen LogP contribution in [0, 0.1) is 5.92 Å². The lowest BCUT2D eigenvalue weighted by Gasteiger charge is -2.25. The lowest BCUT2D eigenvalue weighted by molar-refractivity contribution is 0.291. The van der Waals surface area contributed by atoms with Crippen molar-refractivity contribution in [2.45, 2.75) is 43.9 Å². The van der Waals surface area contributed by atoms with Crippen molar-refractivity contribution >= 4 is 11.6 Å². The third-order valence-electron chi connectivity index (χ3n) is 3.53. The van der Waals surface area contributed by atoms with Crippen LogP contribution in [0.15, 0.2) is 29.2 Å². The van der Waals surface area contributed by atoms with Crippen molar-refractivity contribution in [1.29, 1.82) is 0 Å². The van der Waals surface area contributed by atoms with Crippen molar-refractivity contribution in [3.05, 3.63) is 36.6 Å². The van der Waals surface area contributed by atoms with Crippen LogP contribution in [0.5, 0.6) is 0 Å². The highest BCUT2D eigenvalue weighted by Crippen LogP contribution is 2.36. The van der Waals surface area contributed by atoms with Crippen molar-refractivity contribution < 1.29 is 4.42 Å². The Morgan fingerprint density at radius 1 is 1.28 bits per heavy atom. The fourth-order valence-electron chi connectivity index (χ4n) is 2.50. The largest absolute Gasteiger partial charge is 0.424 e. The van der Waals surface area contributed by atoms with Gasteiger partial charge in [-0.05, 0) is 38.0 Å². The smallest absolute Gasteiger partial charge is 0.231 e. The van der Waals surface area contributed by atoms with Crippen LogP contribution in [0.4, 0.5) is 0 Å². The van der Waals surface area contributed by atoms with Gasteiger partial charge in [0.2, 0.25) is 11.8 Å². The molecule has 1 aliphatic carbocycles. The quantitative estimate of drug-likeness (QED) is 0.592. The van der Waals surface area contributed by atoms with Crippen molar-refractivity contribution in [2.75, 3.05) is 0 Å². The molecular weight excluding hydrogens is 248 g/mol. The van der Waals surface area contributed by atoms with Crippen LogP contribution in [0.1, 0.15) is 49.8 Å². The van der Waals surface area contributed by atoms with E-state index >= 15 is 0 Å². The van der Waals surface area contributed by atoms with E-state index in [4.69, 9.17) is 16.0 Å². The average Bonchev–Trinajstić information content (AvgIpc) is 2.89. The van der Waals surface area contributed by atoms with Gasteiger partial charge in [-0.2, -0.15) is 0 Å². The minimum absolute atomic E-state index is 0.300. The van der Waals surface area contributed by atoms with E-state index in [-0.39, 0.29) is 0 Å². The molecule has 0 aromatic carbocycles. The van der Waals surface area contributed by atoms with Crippen LogP contribution in [0.25, 0.3) is 0 Å². The van der Waals surface area contributed by atoms with E-state index in [1.807, 2.05) is 12.2 Å². The molecule has 0 radical (unpaired) electrons. The van der Waals surface area contributed by atoms with E-state index in [2.05, 4.69) is 22.9 Å². The Hall–Kier alpha value is -1.09. The number of halogens is 1. The van der Waals surface area contributed by atoms with Crippen molar-refractivity contribution in [3.63, 3.8) is 0 Å². The van der Waals surface area contributed by atoms with Gasteiger partial charge in [-0.25, -0.2) is 0 Å². The summed E-state index contributed by atoms with van der Waals surface area (Å²) in [7, 11) is 0. The van der Waals surface area contributed by atoms with Gasteiger partial charge in [-0.15, -0.1) is 21.8 Å². The third-order valence-corrected chi connectivity index (χ3v) is 3.76. The Morgan fingerprint density at radius 2 is 2.06 bits per heavy atom. The van der Waals surface area contributed by atoms with E-state index in [9.17, 15) is 0 Å². The molecule has 0 bridgehead atoms. The topological polar surface area (TPSA) is 38.9 Å². The summed E-state index contributed by atoms with van der Waals surface area (Å²) in [5.41, 5.74) is 0. The number of hydrogen-bond donors (Lipinski definition) is 0. The molecule has 3 nitrogen and oxygen atoms in total. The lowest BCUT2D eigenvalue weighted by Crippen LogP contribution is -2.13. The summed E-state index contributed by atoms with van der Waals surface area (Å²) in [5, 5.41) is 8.00. The maximum Gasteiger partial charge on any atom is 0.231 e. The molecule has 0 aliphatic heterocycles. The highest BCUT2D eigenvalue weighted by molar-refractivity contribution is 6.16. The molecule has 0 spiro atoms. The van der Waals surface area contributed by atoms with Crippen molar-refractivity contribution in [2.24, 2.45) is 5.92 Å². The molecule has 4 heteroatoms. The first-order valence-electron chi connectivity index (χ1n) is 6.49. The number of aromatic nitrogens is 2. The number of hydrogen-bond acceptors (Lipinski definition) is 3. The summed E-state index contributed by atoms with van der Waals surface area (Å²) in [4.78, 5) is 0. The molecule has 0 N–H and O–H groups in total. The number of rotatable bonds is 5. The van der Waals surface area contributed by atoms with Crippen LogP contribution in [0.2, 0.25) is 0 Å². The van der Waals surface area contributed by atoms with Gasteiger partial charge in [-0.1, -0.05) is 24.8 Å². The van der Waals surface area contributed by atoms with E-state index < -0.39 is 0 Å². The van der Waals surface area contributed by atoms with Gasteiger partial charge in [0.1, 0.15) is 5.88 Å². The molecule has 98 valence electrons. The van der Waals surface area contributed by atoms with Crippen LogP contribution in [-0.4, -0.2) is 10.2 Å². The Kier molecular flexibility index (Phi) is 5.00. The Morgan fingerprint density at radius 3 is 2.67 bits per heavy atom. The number of nitrogens with zero attached hydrogens (tertiary/aromatic N) is 2. The van der Waals surface area contributed by atoms with Gasteiger partial charge in [0.05, 0.1) is 0 Å². The Bertz CT molecular complexity index is 406. The first-order chi connectivity index (χ1) is 8.83. The molecule has 1 fully saturated rings. The molecule has 0 atom stereocenters. The summed E-state index contributed by atoms with van der Waals surface area (Å²) in [6, 6.07) is 0. The summed E-state index contributed by atoms with van der Waals surface area (Å²) in [5.74, 6) is 2.81. The highest BCUT2D eigenvalue weighted by Gasteiger charge is 2.25. The molecule has 1 heterocycles. The van der Waals surface area contributed by atoms with E-state index in [1.54, 1.807) is 0 Å². The first kappa shape index (κ1) is 13.3. The summed E-state index contributed by atoms with van der Waals surface area (Å²) in [6.07, 6.45) is 11.9. The zero-order chi connectivity index (χ0) is 12.8. The van der Waals surface area contributed by atoms with Gasteiger partial charge in [0, 0.05) is 5.92 Å². The van der Waals surface area contributed by atoms with E-state index in [0.29, 0.717) is 17.7 Å². The molecule has 1 aromatic heterocycles. The Labute approximate surface area is 113 Å². The third kappa shape index (κ3) is 3.45. The second-order valence-electron chi connectivity index (χ2n) is 4.78. The van der Waals surface area contributed by atoms with Gasteiger partial charge >= 0.3 is 0 Å². The van der Waals surface area contributed by atoms with Crippen LogP contribution in [-0.2, 0) is 5.88 Å². The lowest BCUT2D eigenvalue weighted by atomic mass is 9.80. The van der Waals surface area contributed by atoms with Gasteiger partial charge < -0.3 is 4.42 Å². The molecule has 0 amide bonds. The molecule has 0 saturated heterocycles. The average molecular weight is 267 g/mol. The fourth-order valence-corrected chi connectivity index (χ4v) is 2.61. The standard InChI is InChI=1S/C14H19ClN2O/c1-2-3-4-5-11-6-8-12(9-7-11)14-17-16-13(10-15)18-14/h2-4,11-12H,1,5-10H2/b4-3-. The second kappa shape index (κ2) is 6.74. The summed E-state index contributed by atoms with van der Waals surface area (Å²) < 4.78 is 5.52. The summed E-state index contributed by atoms with van der Waals surface area (Å²) in [6.45, 7) is 3.68. The number of allylic oxidation sites excluding steroid dienone is 3. The molecular formula is C14H19ClN2O. The Balaban J connectivity index is 1.82. The first-order valence-corrected chi connectivity index (χ1v) is 7.02. The van der Waals surface area contributed by atoms with Crippen molar-refractivity contribution in [3.8, 4) is 0 Å². The van der Waals surface area contributed by atoms with Gasteiger partial charge in [0.25, 0.3) is 0 Å². The van der Waals surface area contributed by atoms with Gasteiger partial charge in [0.15, 0.2) is 0 Å². The fraction of sp³-hybridized carbons (Fsp3) is 0.571. The molecule has 2 rings (SSSR count). The molecule has 1 saturated carbocycles. The normalized spacial score (nSPS) is 24.5. The monoisotopic (exact) mass is 266 g/mol. The zero-order valence-electron chi connectivity index (χ0n) is 10.5. The number of alkyl halides is 1. The maximum absolute atomic E-state index is 5.66. The highest BCUT2D eigenvalue weighted by atomic mass is 35.5. The van der Waals surface area contributed by atoms with Crippen molar-refractivity contribution in [1.82, 2.24) is 10.2 Å². The van der Waals surface area contributed by atoms with Crippen LogP contribution >= 0.6 is 11.6 Å².